The fourth-order valence-corrected chi connectivity index (χ4v) is 4.97. The van der Waals surface area contributed by atoms with E-state index >= 15 is 0 Å². The molecule has 5 rings (SSSR count). The molecule has 5 aromatic rings. The summed E-state index contributed by atoms with van der Waals surface area (Å²) in [7, 11) is 0. The molecule has 198 valence electrons. The van der Waals surface area contributed by atoms with Crippen LogP contribution in [0.15, 0.2) is 79.4 Å². The molecule has 0 aliphatic rings. The molecular formula is C29H26N4O5S. The van der Waals surface area contributed by atoms with Crippen LogP contribution in [0.5, 0.6) is 0 Å². The Labute approximate surface area is 228 Å². The van der Waals surface area contributed by atoms with E-state index in [2.05, 4.69) is 4.98 Å². The lowest BCUT2D eigenvalue weighted by Crippen LogP contribution is -2.24. The van der Waals surface area contributed by atoms with E-state index in [1.807, 2.05) is 57.8 Å². The van der Waals surface area contributed by atoms with Crippen molar-refractivity contribution in [2.75, 3.05) is 6.79 Å². The number of primary amides is 1. The molecule has 0 aliphatic heterocycles. The van der Waals surface area contributed by atoms with Crippen molar-refractivity contribution in [2.45, 2.75) is 20.8 Å². The van der Waals surface area contributed by atoms with Gasteiger partial charge in [0.1, 0.15) is 4.88 Å². The first kappa shape index (κ1) is 25.9. The monoisotopic (exact) mass is 542 g/mol. The number of rotatable bonds is 7. The normalized spacial score (nSPS) is 11.5. The summed E-state index contributed by atoms with van der Waals surface area (Å²) in [5.41, 5.74) is 9.55. The van der Waals surface area contributed by atoms with Crippen LogP contribution in [-0.4, -0.2) is 38.8 Å². The van der Waals surface area contributed by atoms with Gasteiger partial charge >= 0.3 is 11.9 Å². The third-order valence-electron chi connectivity index (χ3n) is 6.06. The number of ether oxygens (including phenoxy) is 2. The first-order valence-corrected chi connectivity index (χ1v) is 12.9. The molecule has 2 N–H and O–H groups in total. The van der Waals surface area contributed by atoms with Gasteiger partial charge in [-0.05, 0) is 74.9 Å². The number of esters is 2. The summed E-state index contributed by atoms with van der Waals surface area (Å²) in [4.78, 5) is 40.8. The molecule has 10 heteroatoms. The van der Waals surface area contributed by atoms with E-state index in [0.29, 0.717) is 10.4 Å². The number of hydrogen-bond donors (Lipinski definition) is 1. The zero-order chi connectivity index (χ0) is 27.7. The average Bonchev–Trinajstić information content (AvgIpc) is 3.65. The van der Waals surface area contributed by atoms with Gasteiger partial charge in [0.05, 0.1) is 27.7 Å². The lowest BCUT2D eigenvalue weighted by atomic mass is 9.98. The smallest absolute Gasteiger partial charge is 0.351 e. The fourth-order valence-electron chi connectivity index (χ4n) is 4.00. The Bertz CT molecular complexity index is 1660. The summed E-state index contributed by atoms with van der Waals surface area (Å²) in [6.07, 6.45) is 5.33. The largest absolute Gasteiger partial charge is 0.427 e. The molecule has 0 aliphatic carbocycles. The van der Waals surface area contributed by atoms with E-state index in [1.165, 1.54) is 11.3 Å². The lowest BCUT2D eigenvalue weighted by Gasteiger charge is -2.16. The molecule has 39 heavy (non-hydrogen) atoms. The molecule has 0 saturated heterocycles. The number of carbonyl (C=O) groups is 3. The Morgan fingerprint density at radius 3 is 2.26 bits per heavy atom. The van der Waals surface area contributed by atoms with Crippen molar-refractivity contribution < 1.29 is 23.9 Å². The van der Waals surface area contributed by atoms with Crippen LogP contribution in [-0.2, 0) is 14.3 Å². The van der Waals surface area contributed by atoms with Crippen molar-refractivity contribution >= 4 is 39.4 Å². The van der Waals surface area contributed by atoms with Crippen molar-refractivity contribution in [1.82, 2.24) is 14.1 Å². The zero-order valence-electron chi connectivity index (χ0n) is 21.6. The maximum Gasteiger partial charge on any atom is 0.351 e. The number of carbonyl (C=O) groups excluding carboxylic acids is 3. The standard InChI is InChI=1S/C29H26N4O5S/c1-29(2,3)28(36)38-17-37-27(35)25-15-23-24(39-25)14-22(33(23)21-10-6-19(7-11-21)26(30)34)18-4-8-20(9-5-18)32-13-12-31-16-32/h4-16H,17H2,1-3H3,(H2,30,34). The molecule has 3 heterocycles. The molecule has 0 fully saturated rings. The van der Waals surface area contributed by atoms with E-state index in [-0.39, 0.29) is 0 Å². The van der Waals surface area contributed by atoms with E-state index in [1.54, 1.807) is 51.5 Å². The molecule has 2 aromatic carbocycles. The minimum atomic E-state index is -0.695. The van der Waals surface area contributed by atoms with E-state index in [0.717, 1.165) is 32.8 Å². The number of hydrogen-bond acceptors (Lipinski definition) is 7. The number of nitrogens with zero attached hydrogens (tertiary/aromatic N) is 3. The molecule has 3 aromatic heterocycles. The highest BCUT2D eigenvalue weighted by Crippen LogP contribution is 2.37. The quantitative estimate of drug-likeness (QED) is 0.219. The number of aromatic nitrogens is 3. The Morgan fingerprint density at radius 1 is 0.949 bits per heavy atom. The summed E-state index contributed by atoms with van der Waals surface area (Å²) in [6, 6.07) is 18.7. The van der Waals surface area contributed by atoms with Crippen molar-refractivity contribution in [3.63, 3.8) is 0 Å². The summed E-state index contributed by atoms with van der Waals surface area (Å²) < 4.78 is 15.1. The predicted octanol–water partition coefficient (Wildman–Crippen LogP) is 5.35. The van der Waals surface area contributed by atoms with E-state index in [4.69, 9.17) is 15.2 Å². The molecular weight excluding hydrogens is 516 g/mol. The SMILES string of the molecule is CC(C)(C)C(=O)OCOC(=O)c1cc2c(cc(-c3ccc(-n4ccnc4)cc3)n2-c2ccc(C(N)=O)cc2)s1. The minimum absolute atomic E-state index is 0.372. The zero-order valence-corrected chi connectivity index (χ0v) is 22.4. The third-order valence-corrected chi connectivity index (χ3v) is 7.11. The number of thiophene rings is 1. The van der Waals surface area contributed by atoms with Gasteiger partial charge in [-0.1, -0.05) is 12.1 Å². The summed E-state index contributed by atoms with van der Waals surface area (Å²) in [6.45, 7) is 4.71. The second-order valence-corrected chi connectivity index (χ2v) is 11.0. The molecule has 0 saturated carbocycles. The fraction of sp³-hybridized carbons (Fsp3) is 0.172. The van der Waals surface area contributed by atoms with Crippen LogP contribution < -0.4 is 5.73 Å². The molecule has 0 bridgehead atoms. The van der Waals surface area contributed by atoms with E-state index < -0.39 is 30.1 Å². The third kappa shape index (κ3) is 5.32. The Hall–Kier alpha value is -4.70. The van der Waals surface area contributed by atoms with Gasteiger partial charge in [0.25, 0.3) is 0 Å². The summed E-state index contributed by atoms with van der Waals surface area (Å²) in [5.74, 6) is -1.55. The number of benzene rings is 2. The molecule has 0 spiro atoms. The molecule has 0 unspecified atom stereocenters. The van der Waals surface area contributed by atoms with E-state index in [9.17, 15) is 14.4 Å². The van der Waals surface area contributed by atoms with Gasteiger partial charge in [-0.2, -0.15) is 0 Å². The maximum absolute atomic E-state index is 12.7. The number of fused-ring (bicyclic) bond motifs is 1. The maximum atomic E-state index is 12.7. The van der Waals surface area contributed by atoms with Crippen LogP contribution in [0.25, 0.3) is 32.8 Å². The topological polar surface area (TPSA) is 118 Å². The number of nitrogens with two attached hydrogens (primary N) is 1. The van der Waals surface area contributed by atoms with Gasteiger partial charge in [0, 0.05) is 29.3 Å². The Balaban J connectivity index is 1.49. The van der Waals surface area contributed by atoms with Crippen molar-refractivity contribution in [3.8, 4) is 22.6 Å². The highest BCUT2D eigenvalue weighted by Gasteiger charge is 2.24. The molecule has 9 nitrogen and oxygen atoms in total. The number of imidazole rings is 1. The molecule has 0 radical (unpaired) electrons. The summed E-state index contributed by atoms with van der Waals surface area (Å²) >= 11 is 1.28. The van der Waals surface area contributed by atoms with Crippen LogP contribution in [0.4, 0.5) is 0 Å². The van der Waals surface area contributed by atoms with Gasteiger partial charge in [-0.15, -0.1) is 11.3 Å². The lowest BCUT2D eigenvalue weighted by molar-refractivity contribution is -0.161. The van der Waals surface area contributed by atoms with Crippen LogP contribution in [0, 0.1) is 5.41 Å². The van der Waals surface area contributed by atoms with Gasteiger partial charge in [0.15, 0.2) is 0 Å². The van der Waals surface area contributed by atoms with Crippen LogP contribution in [0.3, 0.4) is 0 Å². The van der Waals surface area contributed by atoms with Crippen LogP contribution in [0.2, 0.25) is 0 Å². The second kappa shape index (κ2) is 10.2. The van der Waals surface area contributed by atoms with Gasteiger partial charge in [-0.3, -0.25) is 9.59 Å². The first-order chi connectivity index (χ1) is 18.6. The highest BCUT2D eigenvalue weighted by atomic mass is 32.1. The number of amides is 1. The van der Waals surface area contributed by atoms with Crippen LogP contribution in [0.1, 0.15) is 40.8 Å². The first-order valence-electron chi connectivity index (χ1n) is 12.1. The summed E-state index contributed by atoms with van der Waals surface area (Å²) in [5, 5.41) is 0. The van der Waals surface area contributed by atoms with Crippen molar-refractivity contribution in [3.05, 3.63) is 89.8 Å². The van der Waals surface area contributed by atoms with Crippen LogP contribution >= 0.6 is 11.3 Å². The van der Waals surface area contributed by atoms with Gasteiger partial charge in [-0.25, -0.2) is 9.78 Å². The minimum Gasteiger partial charge on any atom is -0.427 e. The molecule has 1 amide bonds. The Morgan fingerprint density at radius 2 is 1.64 bits per heavy atom. The highest BCUT2D eigenvalue weighted by molar-refractivity contribution is 7.20. The average molecular weight is 543 g/mol. The predicted molar refractivity (Wildman–Crippen MR) is 148 cm³/mol. The molecule has 0 atom stereocenters. The van der Waals surface area contributed by atoms with Gasteiger partial charge < -0.3 is 24.3 Å². The van der Waals surface area contributed by atoms with Gasteiger partial charge in [0.2, 0.25) is 12.7 Å². The van der Waals surface area contributed by atoms with Crippen molar-refractivity contribution in [2.24, 2.45) is 11.1 Å². The Kier molecular flexibility index (Phi) is 6.80. The van der Waals surface area contributed by atoms with Crippen molar-refractivity contribution in [1.29, 1.82) is 0 Å². The second-order valence-electron chi connectivity index (χ2n) is 9.88.